The molecule has 0 saturated carbocycles. The van der Waals surface area contributed by atoms with Gasteiger partial charge in [0.15, 0.2) is 0 Å². The highest BCUT2D eigenvalue weighted by Gasteiger charge is 2.24. The summed E-state index contributed by atoms with van der Waals surface area (Å²) in [6, 6.07) is 9.92. The first-order chi connectivity index (χ1) is 12.9. The third-order valence-corrected chi connectivity index (χ3v) is 6.66. The molecule has 28 heavy (non-hydrogen) atoms. The van der Waals surface area contributed by atoms with E-state index in [0.29, 0.717) is 5.75 Å². The lowest BCUT2D eigenvalue weighted by Gasteiger charge is -2.20. The van der Waals surface area contributed by atoms with E-state index in [1.54, 1.807) is 26.8 Å². The van der Waals surface area contributed by atoms with Gasteiger partial charge >= 0.3 is 0 Å². The normalized spacial score (nSPS) is 12.5. The Morgan fingerprint density at radius 3 is 2.11 bits per heavy atom. The first-order valence-electron chi connectivity index (χ1n) is 8.27. The predicted octanol–water partition coefficient (Wildman–Crippen LogP) is 2.58. The molecule has 0 bridgehead atoms. The average Bonchev–Trinajstić information content (AvgIpc) is 2.59. The van der Waals surface area contributed by atoms with Crippen molar-refractivity contribution in [3.63, 3.8) is 0 Å². The van der Waals surface area contributed by atoms with Crippen LogP contribution in [0.4, 0.5) is 5.69 Å². The molecule has 0 saturated heterocycles. The van der Waals surface area contributed by atoms with Gasteiger partial charge in [-0.15, -0.1) is 0 Å². The van der Waals surface area contributed by atoms with E-state index >= 15 is 0 Å². The van der Waals surface area contributed by atoms with Crippen molar-refractivity contribution in [3.8, 4) is 11.5 Å². The smallest absolute Gasteiger partial charge is 0.265 e. The zero-order chi connectivity index (χ0) is 21.2. The fourth-order valence-corrected chi connectivity index (χ4v) is 5.09. The summed E-state index contributed by atoms with van der Waals surface area (Å²) in [5, 5.41) is 0. The number of nitrogens with one attached hydrogen (secondary N) is 2. The van der Waals surface area contributed by atoms with Crippen LogP contribution in [-0.4, -0.2) is 36.6 Å². The summed E-state index contributed by atoms with van der Waals surface area (Å²) in [6.45, 7) is 5.14. The van der Waals surface area contributed by atoms with Crippen molar-refractivity contribution in [1.82, 2.24) is 4.72 Å². The highest BCUT2D eigenvalue weighted by molar-refractivity contribution is 7.92. The van der Waals surface area contributed by atoms with Crippen molar-refractivity contribution in [1.29, 1.82) is 0 Å². The molecular formula is C18H24N2O6S2. The summed E-state index contributed by atoms with van der Waals surface area (Å²) in [7, 11) is -5.10. The fraction of sp³-hybridized carbons (Fsp3) is 0.333. The Morgan fingerprint density at radius 1 is 0.857 bits per heavy atom. The molecule has 8 nitrogen and oxygen atoms in total. The Balaban J connectivity index is 2.41. The van der Waals surface area contributed by atoms with E-state index in [-0.39, 0.29) is 21.2 Å². The van der Waals surface area contributed by atoms with Crippen molar-refractivity contribution in [2.24, 2.45) is 0 Å². The van der Waals surface area contributed by atoms with Crippen molar-refractivity contribution in [2.45, 2.75) is 36.1 Å². The molecular weight excluding hydrogens is 404 g/mol. The molecule has 2 rings (SSSR count). The van der Waals surface area contributed by atoms with Gasteiger partial charge in [0.1, 0.15) is 16.4 Å². The second-order valence-corrected chi connectivity index (χ2v) is 10.3. The van der Waals surface area contributed by atoms with E-state index in [1.165, 1.54) is 50.6 Å². The van der Waals surface area contributed by atoms with Gasteiger partial charge in [-0.05, 0) is 51.1 Å². The number of hydrogen-bond acceptors (Lipinski definition) is 6. The number of sulfonamides is 2. The van der Waals surface area contributed by atoms with Crippen LogP contribution < -0.4 is 18.9 Å². The first kappa shape index (κ1) is 22.0. The van der Waals surface area contributed by atoms with Gasteiger partial charge in [0.25, 0.3) is 10.0 Å². The lowest BCUT2D eigenvalue weighted by atomic mass is 10.1. The maximum atomic E-state index is 12.8. The van der Waals surface area contributed by atoms with Crippen LogP contribution in [0.2, 0.25) is 0 Å². The van der Waals surface area contributed by atoms with E-state index in [0.717, 1.165) is 0 Å². The summed E-state index contributed by atoms with van der Waals surface area (Å²) in [6.07, 6.45) is 0. The lowest BCUT2D eigenvalue weighted by Crippen LogP contribution is -2.40. The minimum atomic E-state index is -4.06. The summed E-state index contributed by atoms with van der Waals surface area (Å²) in [5.74, 6) is 0.471. The Bertz CT molecular complexity index is 1060. The quantitative estimate of drug-likeness (QED) is 0.701. The van der Waals surface area contributed by atoms with E-state index in [4.69, 9.17) is 9.47 Å². The highest BCUT2D eigenvalue weighted by Crippen LogP contribution is 2.30. The second-order valence-electron chi connectivity index (χ2n) is 7.01. The van der Waals surface area contributed by atoms with E-state index in [2.05, 4.69) is 9.44 Å². The third-order valence-electron chi connectivity index (χ3n) is 3.50. The van der Waals surface area contributed by atoms with Crippen LogP contribution in [0.25, 0.3) is 0 Å². The van der Waals surface area contributed by atoms with Crippen LogP contribution in [0.15, 0.2) is 52.3 Å². The minimum Gasteiger partial charge on any atom is -0.497 e. The maximum absolute atomic E-state index is 12.8. The SMILES string of the molecule is COc1ccc(OC)c(S(=O)(=O)Nc2cccc(S(=O)(=O)NC(C)(C)C)c2)c1. The van der Waals surface area contributed by atoms with E-state index < -0.39 is 25.6 Å². The Kier molecular flexibility index (Phi) is 6.27. The number of ether oxygens (including phenoxy) is 2. The van der Waals surface area contributed by atoms with Gasteiger partial charge in [-0.3, -0.25) is 4.72 Å². The summed E-state index contributed by atoms with van der Waals surface area (Å²) in [4.78, 5) is -0.185. The third kappa shape index (κ3) is 5.37. The zero-order valence-electron chi connectivity index (χ0n) is 16.3. The van der Waals surface area contributed by atoms with E-state index in [9.17, 15) is 16.8 Å². The lowest BCUT2D eigenvalue weighted by molar-refractivity contribution is 0.392. The van der Waals surface area contributed by atoms with Crippen molar-refractivity contribution in [3.05, 3.63) is 42.5 Å². The van der Waals surface area contributed by atoms with Gasteiger partial charge < -0.3 is 9.47 Å². The van der Waals surface area contributed by atoms with E-state index in [1.807, 2.05) is 0 Å². The number of rotatable bonds is 7. The summed E-state index contributed by atoms with van der Waals surface area (Å²) < 4.78 is 65.7. The molecule has 0 fully saturated rings. The van der Waals surface area contributed by atoms with Gasteiger partial charge in [-0.25, -0.2) is 21.6 Å². The molecule has 0 aliphatic rings. The van der Waals surface area contributed by atoms with Crippen molar-refractivity contribution < 1.29 is 26.3 Å². The Labute approximate surface area is 166 Å². The van der Waals surface area contributed by atoms with Gasteiger partial charge in [0.05, 0.1) is 24.8 Å². The molecule has 0 atom stereocenters. The molecule has 0 spiro atoms. The largest absolute Gasteiger partial charge is 0.497 e. The van der Waals surface area contributed by atoms with Crippen LogP contribution in [0.5, 0.6) is 11.5 Å². The monoisotopic (exact) mass is 428 g/mol. The van der Waals surface area contributed by atoms with Crippen molar-refractivity contribution in [2.75, 3.05) is 18.9 Å². The van der Waals surface area contributed by atoms with Crippen LogP contribution in [0.1, 0.15) is 20.8 Å². The van der Waals surface area contributed by atoms with Gasteiger partial charge in [-0.1, -0.05) is 6.07 Å². The van der Waals surface area contributed by atoms with Gasteiger partial charge in [0.2, 0.25) is 10.0 Å². The minimum absolute atomic E-state index is 0.0553. The number of methoxy groups -OCH3 is 2. The average molecular weight is 429 g/mol. The summed E-state index contributed by atoms with van der Waals surface area (Å²) >= 11 is 0. The second kappa shape index (κ2) is 7.98. The molecule has 0 heterocycles. The zero-order valence-corrected chi connectivity index (χ0v) is 17.9. The molecule has 0 aromatic heterocycles. The first-order valence-corrected chi connectivity index (χ1v) is 11.2. The van der Waals surface area contributed by atoms with Crippen LogP contribution in [-0.2, 0) is 20.0 Å². The van der Waals surface area contributed by atoms with Crippen LogP contribution >= 0.6 is 0 Å². The number of anilines is 1. The standard InChI is InChI=1S/C18H24N2O6S2/c1-18(2,3)20-27(21,22)15-8-6-7-13(11-15)19-28(23,24)17-12-14(25-4)9-10-16(17)26-5/h6-12,19-20H,1-5H3. The van der Waals surface area contributed by atoms with Gasteiger partial charge in [-0.2, -0.15) is 0 Å². The highest BCUT2D eigenvalue weighted by atomic mass is 32.2. The molecule has 0 aliphatic heterocycles. The maximum Gasteiger partial charge on any atom is 0.265 e. The topological polar surface area (TPSA) is 111 Å². The van der Waals surface area contributed by atoms with Crippen LogP contribution in [0, 0.1) is 0 Å². The number of benzene rings is 2. The number of hydrogen-bond donors (Lipinski definition) is 2. The molecule has 2 N–H and O–H groups in total. The molecule has 2 aromatic rings. The fourth-order valence-electron chi connectivity index (χ4n) is 2.39. The van der Waals surface area contributed by atoms with Gasteiger partial charge in [0, 0.05) is 11.6 Å². The van der Waals surface area contributed by atoms with Crippen molar-refractivity contribution >= 4 is 25.7 Å². The molecule has 0 unspecified atom stereocenters. The molecule has 10 heteroatoms. The Morgan fingerprint density at radius 2 is 1.54 bits per heavy atom. The molecule has 154 valence electrons. The molecule has 2 aromatic carbocycles. The summed E-state index contributed by atoms with van der Waals surface area (Å²) in [5.41, 5.74) is -0.580. The molecule has 0 amide bonds. The predicted molar refractivity (Wildman–Crippen MR) is 107 cm³/mol. The molecule has 0 radical (unpaired) electrons. The molecule has 0 aliphatic carbocycles. The van der Waals surface area contributed by atoms with Crippen LogP contribution in [0.3, 0.4) is 0 Å². The Hall–Kier alpha value is -2.30.